The average molecular weight is 724 g/mol. The number of benzene rings is 5. The Kier molecular flexibility index (Phi) is 12.5. The molecule has 10 heteroatoms. The second kappa shape index (κ2) is 17.2. The molecule has 0 bridgehead atoms. The van der Waals surface area contributed by atoms with E-state index < -0.39 is 28.5 Å². The van der Waals surface area contributed by atoms with E-state index in [1.807, 2.05) is 81.4 Å². The van der Waals surface area contributed by atoms with Gasteiger partial charge in [-0.2, -0.15) is 0 Å². The van der Waals surface area contributed by atoms with Crippen molar-refractivity contribution in [1.82, 2.24) is 10.2 Å². The molecule has 264 valence electrons. The minimum Gasteiger partial charge on any atom is -0.457 e. The molecule has 0 aliphatic rings. The smallest absolute Gasteiger partial charge is 0.264 e. The van der Waals surface area contributed by atoms with Gasteiger partial charge in [-0.25, -0.2) is 8.42 Å². The monoisotopic (exact) mass is 723 g/mol. The van der Waals surface area contributed by atoms with Crippen LogP contribution in [-0.2, 0) is 32.6 Å². The summed E-state index contributed by atoms with van der Waals surface area (Å²) in [5.41, 5.74) is 2.75. The average Bonchev–Trinajstić information content (AvgIpc) is 3.13. The molecule has 0 radical (unpaired) electrons. The second-order valence-corrected chi connectivity index (χ2v) is 15.0. The molecular weight excluding hydrogens is 682 g/mol. The zero-order chi connectivity index (χ0) is 36.4. The van der Waals surface area contributed by atoms with Crippen molar-refractivity contribution in [2.24, 2.45) is 5.92 Å². The lowest BCUT2D eigenvalue weighted by Crippen LogP contribution is -2.53. The van der Waals surface area contributed by atoms with Crippen LogP contribution in [0, 0.1) is 12.8 Å². The van der Waals surface area contributed by atoms with Crippen LogP contribution < -0.4 is 14.4 Å². The SMILES string of the molecule is Cc1ccc(S(=O)(=O)N(CC(=O)N(Cc2ccc(Cl)cc2)C(Cc2ccccc2)C(=O)NCC(C)C)c2ccc(Oc3ccccc3)cc2)cc1. The fraction of sp³-hybridized carbons (Fsp3) is 0.220. The Balaban J connectivity index is 1.55. The molecule has 51 heavy (non-hydrogen) atoms. The number of carbonyl (C=O) groups excluding carboxylic acids is 2. The van der Waals surface area contributed by atoms with Gasteiger partial charge >= 0.3 is 0 Å². The lowest BCUT2D eigenvalue weighted by Gasteiger charge is -2.34. The Labute approximate surface area is 305 Å². The molecule has 8 nitrogen and oxygen atoms in total. The Morgan fingerprint density at radius 3 is 1.94 bits per heavy atom. The van der Waals surface area contributed by atoms with Gasteiger partial charge in [0, 0.05) is 24.5 Å². The van der Waals surface area contributed by atoms with Crippen molar-refractivity contribution in [3.05, 3.63) is 155 Å². The first-order valence-electron chi connectivity index (χ1n) is 16.8. The van der Waals surface area contributed by atoms with Crippen molar-refractivity contribution in [2.45, 2.75) is 44.7 Å². The summed E-state index contributed by atoms with van der Waals surface area (Å²) < 4.78 is 35.8. The molecule has 5 aromatic rings. The van der Waals surface area contributed by atoms with Gasteiger partial charge in [-0.05, 0) is 84.6 Å². The van der Waals surface area contributed by atoms with Crippen LogP contribution in [0.1, 0.15) is 30.5 Å². The van der Waals surface area contributed by atoms with Gasteiger partial charge in [0.15, 0.2) is 0 Å². The number of hydrogen-bond acceptors (Lipinski definition) is 5. The third kappa shape index (κ3) is 10.2. The van der Waals surface area contributed by atoms with Gasteiger partial charge in [-0.15, -0.1) is 0 Å². The summed E-state index contributed by atoms with van der Waals surface area (Å²) >= 11 is 6.19. The third-order valence-electron chi connectivity index (χ3n) is 8.21. The summed E-state index contributed by atoms with van der Waals surface area (Å²) in [4.78, 5) is 30.2. The highest BCUT2D eigenvalue weighted by Crippen LogP contribution is 2.29. The lowest BCUT2D eigenvalue weighted by atomic mass is 10.0. The van der Waals surface area contributed by atoms with E-state index in [0.717, 1.165) is 21.0 Å². The van der Waals surface area contributed by atoms with E-state index in [4.69, 9.17) is 16.3 Å². The van der Waals surface area contributed by atoms with Crippen molar-refractivity contribution in [1.29, 1.82) is 0 Å². The van der Waals surface area contributed by atoms with Crippen molar-refractivity contribution < 1.29 is 22.7 Å². The molecule has 1 unspecified atom stereocenters. The predicted octanol–water partition coefficient (Wildman–Crippen LogP) is 8.05. The first kappa shape index (κ1) is 37.1. The van der Waals surface area contributed by atoms with Crippen molar-refractivity contribution in [3.63, 3.8) is 0 Å². The molecule has 0 aromatic heterocycles. The van der Waals surface area contributed by atoms with E-state index in [1.54, 1.807) is 60.7 Å². The molecule has 1 atom stereocenters. The maximum atomic E-state index is 14.7. The first-order valence-corrected chi connectivity index (χ1v) is 18.6. The minimum absolute atomic E-state index is 0.0327. The summed E-state index contributed by atoms with van der Waals surface area (Å²) in [6.45, 7) is 5.75. The Bertz CT molecular complexity index is 1990. The van der Waals surface area contributed by atoms with Crippen LogP contribution >= 0.6 is 11.6 Å². The van der Waals surface area contributed by atoms with Crippen LogP contribution in [-0.4, -0.2) is 44.3 Å². The number of rotatable bonds is 15. The number of nitrogens with zero attached hydrogens (tertiary/aromatic N) is 2. The van der Waals surface area contributed by atoms with E-state index in [2.05, 4.69) is 5.32 Å². The van der Waals surface area contributed by atoms with Crippen LogP contribution in [0.3, 0.4) is 0 Å². The van der Waals surface area contributed by atoms with Gasteiger partial charge in [0.1, 0.15) is 24.1 Å². The summed E-state index contributed by atoms with van der Waals surface area (Å²) in [5, 5.41) is 3.54. The number of amides is 2. The van der Waals surface area contributed by atoms with Crippen LogP contribution in [0.5, 0.6) is 11.5 Å². The standard InChI is InChI=1S/C41H42ClN3O5S/c1-30(2)27-43-41(47)39(26-32-10-6-4-7-11-32)44(28-33-16-18-34(42)19-17-33)40(46)29-45(51(48,49)38-24-14-31(3)15-25-38)35-20-22-37(23-21-35)50-36-12-8-5-9-13-36/h4-25,30,39H,26-29H2,1-3H3,(H,43,47). The summed E-state index contributed by atoms with van der Waals surface area (Å²) in [5.74, 6) is 0.424. The number of para-hydroxylation sites is 1. The van der Waals surface area contributed by atoms with Crippen LogP contribution in [0.15, 0.2) is 138 Å². The largest absolute Gasteiger partial charge is 0.457 e. The highest BCUT2D eigenvalue weighted by Gasteiger charge is 2.34. The van der Waals surface area contributed by atoms with E-state index >= 15 is 0 Å². The zero-order valence-electron chi connectivity index (χ0n) is 28.9. The summed E-state index contributed by atoms with van der Waals surface area (Å²) in [6, 6.07) is 37.8. The molecule has 0 saturated heterocycles. The first-order chi connectivity index (χ1) is 24.5. The fourth-order valence-electron chi connectivity index (χ4n) is 5.43. The predicted molar refractivity (Wildman–Crippen MR) is 202 cm³/mol. The molecule has 0 aliphatic heterocycles. The molecule has 1 N–H and O–H groups in total. The molecule has 2 amide bonds. The number of halogens is 1. The van der Waals surface area contributed by atoms with Gasteiger partial charge in [-0.1, -0.05) is 104 Å². The van der Waals surface area contributed by atoms with E-state index in [-0.39, 0.29) is 35.4 Å². The molecule has 0 heterocycles. The number of nitrogens with one attached hydrogen (secondary N) is 1. The minimum atomic E-state index is -4.25. The molecular formula is C41H42ClN3O5S. The fourth-order valence-corrected chi connectivity index (χ4v) is 6.97. The van der Waals surface area contributed by atoms with Gasteiger partial charge in [0.2, 0.25) is 11.8 Å². The molecule has 0 spiro atoms. The number of anilines is 1. The van der Waals surface area contributed by atoms with E-state index in [9.17, 15) is 18.0 Å². The highest BCUT2D eigenvalue weighted by atomic mass is 35.5. The molecule has 5 rings (SSSR count). The van der Waals surface area contributed by atoms with Crippen LogP contribution in [0.25, 0.3) is 0 Å². The van der Waals surface area contributed by atoms with Crippen molar-refractivity contribution in [2.75, 3.05) is 17.4 Å². The molecule has 0 fully saturated rings. The van der Waals surface area contributed by atoms with Gasteiger partial charge in [-0.3, -0.25) is 13.9 Å². The third-order valence-corrected chi connectivity index (χ3v) is 10.3. The normalized spacial score (nSPS) is 11.9. The van der Waals surface area contributed by atoms with E-state index in [0.29, 0.717) is 23.1 Å². The lowest BCUT2D eigenvalue weighted by molar-refractivity contribution is -0.140. The number of hydrogen-bond donors (Lipinski definition) is 1. The Morgan fingerprint density at radius 2 is 1.33 bits per heavy atom. The number of aryl methyl sites for hydroxylation is 1. The maximum absolute atomic E-state index is 14.7. The second-order valence-electron chi connectivity index (χ2n) is 12.7. The number of carbonyl (C=O) groups is 2. The van der Waals surface area contributed by atoms with Gasteiger partial charge in [0.05, 0.1) is 10.6 Å². The van der Waals surface area contributed by atoms with Crippen molar-refractivity contribution >= 4 is 39.1 Å². The Morgan fingerprint density at radius 1 is 0.745 bits per heavy atom. The quantitative estimate of drug-likeness (QED) is 0.118. The highest BCUT2D eigenvalue weighted by molar-refractivity contribution is 7.92. The summed E-state index contributed by atoms with van der Waals surface area (Å²) in [6.07, 6.45) is 0.223. The molecule has 5 aromatic carbocycles. The molecule has 0 aliphatic carbocycles. The number of ether oxygens (including phenoxy) is 1. The van der Waals surface area contributed by atoms with E-state index in [1.165, 1.54) is 17.0 Å². The van der Waals surface area contributed by atoms with Crippen molar-refractivity contribution in [3.8, 4) is 11.5 Å². The number of sulfonamides is 1. The van der Waals surface area contributed by atoms with Crippen LogP contribution in [0.4, 0.5) is 5.69 Å². The Hall–Kier alpha value is -5.12. The topological polar surface area (TPSA) is 96.0 Å². The van der Waals surface area contributed by atoms with Crippen LogP contribution in [0.2, 0.25) is 5.02 Å². The molecule has 0 saturated carbocycles. The van der Waals surface area contributed by atoms with Gasteiger partial charge in [0.25, 0.3) is 10.0 Å². The van der Waals surface area contributed by atoms with Gasteiger partial charge < -0.3 is 15.0 Å². The maximum Gasteiger partial charge on any atom is 0.264 e. The summed E-state index contributed by atoms with van der Waals surface area (Å²) in [7, 11) is -4.25. The zero-order valence-corrected chi connectivity index (χ0v) is 30.5.